The van der Waals surface area contributed by atoms with Crippen LogP contribution in [0.4, 0.5) is 0 Å². The Morgan fingerprint density at radius 2 is 1.52 bits per heavy atom. The molecule has 4 atom stereocenters. The maximum Gasteiger partial charge on any atom is 0.327 e. The zero-order chi connectivity index (χ0) is 22.2. The first-order chi connectivity index (χ1) is 13.7. The number of fused-ring (bicyclic) bond motifs is 1. The summed E-state index contributed by atoms with van der Waals surface area (Å²) >= 11 is 1.39. The summed E-state index contributed by atoms with van der Waals surface area (Å²) in [5, 5.41) is 18.5. The molecule has 0 bridgehead atoms. The summed E-state index contributed by atoms with van der Waals surface area (Å²) in [4.78, 5) is 36.1. The van der Waals surface area contributed by atoms with Crippen molar-refractivity contribution in [2.24, 2.45) is 5.73 Å². The summed E-state index contributed by atoms with van der Waals surface area (Å²) < 4.78 is -0.583. The van der Waals surface area contributed by atoms with Crippen LogP contribution in [0.5, 0.6) is 0 Å². The number of aliphatic hydroxyl groups excluding tert-OH is 1. The molecular weight excluding hydrogens is 394 g/mol. The van der Waals surface area contributed by atoms with Gasteiger partial charge in [0, 0.05) is 11.9 Å². The van der Waals surface area contributed by atoms with Crippen LogP contribution in [0.25, 0.3) is 0 Å². The molecule has 3 rings (SSSR count). The number of hydrogen-bond acceptors (Lipinski definition) is 6. The second-order valence-electron chi connectivity index (χ2n) is 8.20. The number of nitrogens with two attached hydrogens (primary N) is 1. The van der Waals surface area contributed by atoms with Crippen molar-refractivity contribution in [2.75, 3.05) is 7.11 Å². The fraction of sp³-hybridized carbons (Fsp3) is 0.850. The largest absolute Gasteiger partial charge is 0.480 e. The van der Waals surface area contributed by atoms with Crippen molar-refractivity contribution < 1.29 is 24.6 Å². The maximum atomic E-state index is 12.0. The van der Waals surface area contributed by atoms with E-state index in [0.717, 1.165) is 7.11 Å². The van der Waals surface area contributed by atoms with Crippen LogP contribution in [0.3, 0.4) is 0 Å². The molecule has 2 amide bonds. The molecule has 0 aromatic rings. The average Bonchev–Trinajstić information content (AvgIpc) is 2.89. The number of thioether (sulfide) groups is 1. The summed E-state index contributed by atoms with van der Waals surface area (Å²) in [7, 11) is 1.00. The van der Waals surface area contributed by atoms with Crippen LogP contribution in [0.2, 0.25) is 0 Å². The molecule has 3 fully saturated rings. The maximum absolute atomic E-state index is 12.0. The standard InChI is InChI=1S/C11H17N3O4S.C8H16.CH4O/c1-4(12)7(15)13-5-8(16)14-6(10(17)18)11(2,3)19-9(5)14;1-2-4-6-8-7-5-3-1;1-2/h4-6,9H,12H2,1-3H3,(H,13,15)(H,17,18);1-8H2;2H,1H3/t4?,5-,6+,9-;;/m1../s1. The molecule has 3 aliphatic rings. The van der Waals surface area contributed by atoms with E-state index < -0.39 is 34.7 Å². The zero-order valence-electron chi connectivity index (χ0n) is 18.0. The lowest BCUT2D eigenvalue weighted by Gasteiger charge is -2.43. The molecule has 2 saturated heterocycles. The smallest absolute Gasteiger partial charge is 0.327 e. The minimum absolute atomic E-state index is 0.328. The number of hydrogen-bond donors (Lipinski definition) is 4. The minimum Gasteiger partial charge on any atom is -0.480 e. The quantitative estimate of drug-likeness (QED) is 0.500. The minimum atomic E-state index is -1.02. The molecule has 0 radical (unpaired) electrons. The van der Waals surface area contributed by atoms with Crippen molar-refractivity contribution in [1.29, 1.82) is 0 Å². The highest BCUT2D eigenvalue weighted by Gasteiger charge is 2.64. The van der Waals surface area contributed by atoms with Gasteiger partial charge in [-0.25, -0.2) is 4.79 Å². The van der Waals surface area contributed by atoms with Gasteiger partial charge in [0.15, 0.2) is 0 Å². The molecule has 5 N–H and O–H groups in total. The number of rotatable bonds is 3. The number of aliphatic carboxylic acids is 1. The Bertz CT molecular complexity index is 546. The number of nitrogens with one attached hydrogen (secondary N) is 1. The van der Waals surface area contributed by atoms with Gasteiger partial charge >= 0.3 is 5.97 Å². The number of nitrogens with zero attached hydrogens (tertiary/aromatic N) is 1. The topological polar surface area (TPSA) is 133 Å². The van der Waals surface area contributed by atoms with Crippen molar-refractivity contribution in [2.45, 2.75) is 100 Å². The van der Waals surface area contributed by atoms with E-state index in [-0.39, 0.29) is 11.3 Å². The molecular formula is C20H37N3O5S. The van der Waals surface area contributed by atoms with Crippen LogP contribution < -0.4 is 11.1 Å². The molecule has 168 valence electrons. The summed E-state index contributed by atoms with van der Waals surface area (Å²) in [6.07, 6.45) is 12.0. The molecule has 29 heavy (non-hydrogen) atoms. The average molecular weight is 432 g/mol. The molecule has 1 aliphatic carbocycles. The highest BCUT2D eigenvalue weighted by Crippen LogP contribution is 2.50. The molecule has 2 aliphatic heterocycles. The van der Waals surface area contributed by atoms with Crippen LogP contribution in [0, 0.1) is 0 Å². The van der Waals surface area contributed by atoms with Crippen LogP contribution in [-0.4, -0.2) is 68.3 Å². The van der Waals surface area contributed by atoms with Gasteiger partial charge in [0.25, 0.3) is 0 Å². The van der Waals surface area contributed by atoms with Crippen molar-refractivity contribution in [3.8, 4) is 0 Å². The molecule has 1 saturated carbocycles. The van der Waals surface area contributed by atoms with Gasteiger partial charge in [-0.15, -0.1) is 11.8 Å². The zero-order valence-corrected chi connectivity index (χ0v) is 18.8. The fourth-order valence-electron chi connectivity index (χ4n) is 3.84. The first-order valence-electron chi connectivity index (χ1n) is 10.4. The number of amides is 2. The molecule has 0 spiro atoms. The fourth-order valence-corrected chi connectivity index (χ4v) is 5.47. The Morgan fingerprint density at radius 1 is 1.10 bits per heavy atom. The number of aliphatic hydroxyl groups is 1. The molecule has 1 unspecified atom stereocenters. The number of β-lactam (4-membered cyclic amide) rings is 1. The van der Waals surface area contributed by atoms with Gasteiger partial charge in [-0.1, -0.05) is 51.4 Å². The summed E-state index contributed by atoms with van der Waals surface area (Å²) in [5.41, 5.74) is 5.44. The van der Waals surface area contributed by atoms with Crippen molar-refractivity contribution in [1.82, 2.24) is 10.2 Å². The Kier molecular flexibility index (Phi) is 10.4. The molecule has 0 aromatic carbocycles. The predicted octanol–water partition coefficient (Wildman–Crippen LogP) is 1.69. The SMILES string of the molecule is C1CCCCCCC1.CC(N)C(=O)N[C@@H]1C(=O)N2[C@@H]1SC(C)(C)[C@@H]2C(=O)O.CO. The van der Waals surface area contributed by atoms with Crippen LogP contribution >= 0.6 is 11.8 Å². The molecule has 9 heteroatoms. The van der Waals surface area contributed by atoms with Gasteiger partial charge in [-0.2, -0.15) is 0 Å². The third-order valence-corrected chi connectivity index (χ3v) is 6.96. The van der Waals surface area contributed by atoms with Crippen LogP contribution in [0.1, 0.15) is 72.1 Å². The van der Waals surface area contributed by atoms with E-state index in [4.69, 9.17) is 10.8 Å². The second kappa shape index (κ2) is 11.8. The normalized spacial score (nSPS) is 28.7. The first kappa shape index (κ1) is 25.7. The Labute approximate surface area is 178 Å². The van der Waals surface area contributed by atoms with Gasteiger partial charge in [0.2, 0.25) is 11.8 Å². The van der Waals surface area contributed by atoms with E-state index in [2.05, 4.69) is 5.32 Å². The van der Waals surface area contributed by atoms with Gasteiger partial charge < -0.3 is 26.2 Å². The monoisotopic (exact) mass is 431 g/mol. The second-order valence-corrected chi connectivity index (χ2v) is 9.97. The van der Waals surface area contributed by atoms with E-state index in [1.165, 1.54) is 75.0 Å². The number of carbonyl (C=O) groups excluding carboxylic acids is 2. The Hall–Kier alpha value is -1.32. The summed E-state index contributed by atoms with van der Waals surface area (Å²) in [6, 6.07) is -2.23. The third kappa shape index (κ3) is 6.58. The molecule has 2 heterocycles. The number of carboxylic acid groups (broad SMARTS) is 1. The van der Waals surface area contributed by atoms with Crippen LogP contribution in [0.15, 0.2) is 0 Å². The van der Waals surface area contributed by atoms with E-state index in [9.17, 15) is 19.5 Å². The van der Waals surface area contributed by atoms with E-state index in [0.29, 0.717) is 0 Å². The number of carbonyl (C=O) groups is 3. The van der Waals surface area contributed by atoms with Gasteiger partial charge in [0.05, 0.1) is 6.04 Å². The van der Waals surface area contributed by atoms with E-state index in [1.54, 1.807) is 13.8 Å². The Morgan fingerprint density at radius 3 is 1.86 bits per heavy atom. The highest BCUT2D eigenvalue weighted by molar-refractivity contribution is 8.01. The predicted molar refractivity (Wildman–Crippen MR) is 114 cm³/mol. The summed E-state index contributed by atoms with van der Waals surface area (Å²) in [6.45, 7) is 5.10. The van der Waals surface area contributed by atoms with Gasteiger partial charge in [0.1, 0.15) is 17.5 Å². The van der Waals surface area contributed by atoms with E-state index >= 15 is 0 Å². The first-order valence-corrected chi connectivity index (χ1v) is 11.3. The van der Waals surface area contributed by atoms with Gasteiger partial charge in [-0.3, -0.25) is 9.59 Å². The summed E-state index contributed by atoms with van der Waals surface area (Å²) in [5.74, 6) is -1.79. The molecule has 8 nitrogen and oxygen atoms in total. The highest BCUT2D eigenvalue weighted by atomic mass is 32.2. The lowest BCUT2D eigenvalue weighted by Crippen LogP contribution is -2.71. The van der Waals surface area contributed by atoms with E-state index in [1.807, 2.05) is 0 Å². The molecule has 0 aromatic heterocycles. The lowest BCUT2D eigenvalue weighted by atomic mass is 9.96. The van der Waals surface area contributed by atoms with Crippen molar-refractivity contribution in [3.05, 3.63) is 0 Å². The van der Waals surface area contributed by atoms with Crippen molar-refractivity contribution in [3.63, 3.8) is 0 Å². The van der Waals surface area contributed by atoms with Gasteiger partial charge in [-0.05, 0) is 20.8 Å². The van der Waals surface area contributed by atoms with Crippen LogP contribution in [-0.2, 0) is 14.4 Å². The number of carboxylic acids is 1. The lowest BCUT2D eigenvalue weighted by molar-refractivity contribution is -0.161. The Balaban J connectivity index is 0.000000351. The third-order valence-electron chi connectivity index (χ3n) is 5.39. The van der Waals surface area contributed by atoms with Crippen molar-refractivity contribution >= 4 is 29.5 Å².